The molecule has 122 valence electrons. The molecule has 2 aliphatic heterocycles. The van der Waals surface area contributed by atoms with Gasteiger partial charge in [-0.05, 0) is 25.3 Å². The average Bonchev–Trinajstić information content (AvgIpc) is 2.74. The van der Waals surface area contributed by atoms with Crippen molar-refractivity contribution in [2.24, 2.45) is 11.3 Å². The van der Waals surface area contributed by atoms with E-state index in [-0.39, 0.29) is 17.7 Å². The number of alkyl halides is 1. The monoisotopic (exact) mass is 378 g/mol. The van der Waals surface area contributed by atoms with Gasteiger partial charge in [0.25, 0.3) is 0 Å². The lowest BCUT2D eigenvalue weighted by Gasteiger charge is -2.52. The Kier molecular flexibility index (Phi) is 3.52. The number of ether oxygens (including phenoxy) is 2. The number of benzene rings is 1. The highest BCUT2D eigenvalue weighted by atomic mass is 79.9. The largest absolute Gasteiger partial charge is 0.344 e. The Labute approximate surface area is 143 Å². The fraction of sp³-hybridized carbons (Fsp3) is 0.556. The summed E-state index contributed by atoms with van der Waals surface area (Å²) < 4.78 is 12.5. The Balaban J connectivity index is 1.73. The van der Waals surface area contributed by atoms with Crippen LogP contribution in [0.15, 0.2) is 30.3 Å². The fourth-order valence-electron chi connectivity index (χ4n) is 4.34. The maximum absolute atomic E-state index is 12.9. The van der Waals surface area contributed by atoms with Crippen LogP contribution in [0.2, 0.25) is 0 Å². The topological polar surface area (TPSA) is 52.6 Å². The van der Waals surface area contributed by atoms with Crippen molar-refractivity contribution in [2.75, 3.05) is 0 Å². The number of rotatable bonds is 3. The van der Waals surface area contributed by atoms with Crippen molar-refractivity contribution < 1.29 is 19.1 Å². The van der Waals surface area contributed by atoms with Gasteiger partial charge in [0.15, 0.2) is 11.6 Å². The van der Waals surface area contributed by atoms with Gasteiger partial charge in [-0.3, -0.25) is 9.59 Å². The molecule has 23 heavy (non-hydrogen) atoms. The molecule has 3 fully saturated rings. The number of Topliss-reactive ketones (excluding diaryl/α,β-unsaturated/α-hetero) is 2. The van der Waals surface area contributed by atoms with E-state index >= 15 is 0 Å². The molecule has 0 N–H and O–H groups in total. The summed E-state index contributed by atoms with van der Waals surface area (Å²) in [5.74, 6) is -1.58. The second-order valence-electron chi connectivity index (χ2n) is 6.97. The molecule has 0 radical (unpaired) electrons. The van der Waals surface area contributed by atoms with Gasteiger partial charge in [0.05, 0.1) is 28.9 Å². The maximum Gasteiger partial charge on any atom is 0.192 e. The second-order valence-corrected chi connectivity index (χ2v) is 7.95. The highest BCUT2D eigenvalue weighted by Gasteiger charge is 2.74. The third-order valence-electron chi connectivity index (χ3n) is 5.65. The quantitative estimate of drug-likeness (QED) is 0.758. The first-order valence-electron chi connectivity index (χ1n) is 8.05. The minimum atomic E-state index is -1.13. The van der Waals surface area contributed by atoms with Crippen LogP contribution >= 0.6 is 15.9 Å². The normalized spacial score (nSPS) is 42.1. The molecule has 0 spiro atoms. The minimum Gasteiger partial charge on any atom is -0.344 e. The highest BCUT2D eigenvalue weighted by Crippen LogP contribution is 2.61. The molecular formula is C18H19BrO4. The van der Waals surface area contributed by atoms with Crippen LogP contribution in [0.4, 0.5) is 0 Å². The third-order valence-corrected chi connectivity index (χ3v) is 6.59. The van der Waals surface area contributed by atoms with Crippen molar-refractivity contribution >= 4 is 27.5 Å². The summed E-state index contributed by atoms with van der Waals surface area (Å²) in [5, 5.41) is 0. The number of hydrogen-bond donors (Lipinski definition) is 0. The zero-order valence-electron chi connectivity index (χ0n) is 13.0. The van der Waals surface area contributed by atoms with Crippen LogP contribution in [0.3, 0.4) is 0 Å². The van der Waals surface area contributed by atoms with E-state index in [0.717, 1.165) is 12.0 Å². The van der Waals surface area contributed by atoms with Gasteiger partial charge in [-0.1, -0.05) is 46.3 Å². The summed E-state index contributed by atoms with van der Waals surface area (Å²) in [5.41, 5.74) is 0.236. The first-order chi connectivity index (χ1) is 11.0. The van der Waals surface area contributed by atoms with Gasteiger partial charge in [-0.15, -0.1) is 0 Å². The van der Waals surface area contributed by atoms with Crippen molar-refractivity contribution in [2.45, 2.75) is 49.5 Å². The molecule has 1 saturated carbocycles. The Morgan fingerprint density at radius 2 is 2.04 bits per heavy atom. The van der Waals surface area contributed by atoms with Crippen LogP contribution in [-0.4, -0.2) is 28.3 Å². The summed E-state index contributed by atoms with van der Waals surface area (Å²) >= 11 is 3.45. The van der Waals surface area contributed by atoms with Crippen LogP contribution in [0.5, 0.6) is 0 Å². The Bertz CT molecular complexity index is 660. The van der Waals surface area contributed by atoms with E-state index in [9.17, 15) is 9.59 Å². The standard InChI is InChI=1S/C18H19BrO4/c1-17-8-7-12-9-13(20)14(15(19)16(17)21)18(17,23-12)22-10-11-5-3-2-4-6-11/h2-6,12,14-15H,7-10H2,1H3/t12-,14-,15-,17+,18?/m0/s1. The molecule has 2 bridgehead atoms. The first kappa shape index (κ1) is 15.5. The molecule has 3 aliphatic rings. The van der Waals surface area contributed by atoms with E-state index in [1.807, 2.05) is 37.3 Å². The van der Waals surface area contributed by atoms with Gasteiger partial charge in [-0.25, -0.2) is 0 Å². The smallest absolute Gasteiger partial charge is 0.192 e. The highest BCUT2D eigenvalue weighted by molar-refractivity contribution is 9.10. The lowest BCUT2D eigenvalue weighted by molar-refractivity contribution is -0.345. The van der Waals surface area contributed by atoms with Crippen molar-refractivity contribution in [1.82, 2.24) is 0 Å². The van der Waals surface area contributed by atoms with Gasteiger partial charge in [0, 0.05) is 6.42 Å². The molecule has 1 aromatic rings. The zero-order valence-corrected chi connectivity index (χ0v) is 14.5. The molecular weight excluding hydrogens is 360 g/mol. The molecule has 2 saturated heterocycles. The van der Waals surface area contributed by atoms with E-state index in [2.05, 4.69) is 15.9 Å². The summed E-state index contributed by atoms with van der Waals surface area (Å²) in [6.45, 7) is 2.23. The van der Waals surface area contributed by atoms with Gasteiger partial charge < -0.3 is 9.47 Å². The van der Waals surface area contributed by atoms with E-state index in [4.69, 9.17) is 9.47 Å². The molecule has 0 amide bonds. The molecule has 4 rings (SSSR count). The Hall–Kier alpha value is -1.04. The summed E-state index contributed by atoms with van der Waals surface area (Å²) in [6, 6.07) is 9.78. The molecule has 5 atom stereocenters. The predicted octanol–water partition coefficient (Wildman–Crippen LogP) is 3.02. The third kappa shape index (κ3) is 2.03. The van der Waals surface area contributed by atoms with E-state index in [1.165, 1.54) is 0 Å². The Morgan fingerprint density at radius 3 is 2.78 bits per heavy atom. The van der Waals surface area contributed by atoms with Crippen molar-refractivity contribution in [3.05, 3.63) is 35.9 Å². The lowest BCUT2D eigenvalue weighted by atomic mass is 9.70. The number of carbonyl (C=O) groups excluding carboxylic acids is 2. The van der Waals surface area contributed by atoms with Gasteiger partial charge in [0.1, 0.15) is 5.78 Å². The molecule has 1 aromatic carbocycles. The van der Waals surface area contributed by atoms with Crippen LogP contribution in [-0.2, 0) is 25.7 Å². The number of carbonyl (C=O) groups is 2. The predicted molar refractivity (Wildman–Crippen MR) is 87.0 cm³/mol. The van der Waals surface area contributed by atoms with Gasteiger partial charge >= 0.3 is 0 Å². The fourth-order valence-corrected chi connectivity index (χ4v) is 5.49. The van der Waals surface area contributed by atoms with Crippen molar-refractivity contribution in [3.8, 4) is 0 Å². The number of ketones is 2. The van der Waals surface area contributed by atoms with Crippen LogP contribution in [0.25, 0.3) is 0 Å². The van der Waals surface area contributed by atoms with E-state index in [0.29, 0.717) is 19.4 Å². The van der Waals surface area contributed by atoms with Crippen LogP contribution < -0.4 is 0 Å². The second kappa shape index (κ2) is 5.23. The summed E-state index contributed by atoms with van der Waals surface area (Å²) in [7, 11) is 0. The SMILES string of the molecule is C[C@@]12CC[C@H]3CC(=O)[C@@H]([C@H](Br)C1=O)C2(OCc1ccccc1)O3. The first-order valence-corrected chi connectivity index (χ1v) is 8.96. The van der Waals surface area contributed by atoms with Gasteiger partial charge in [-0.2, -0.15) is 0 Å². The minimum absolute atomic E-state index is 0.0317. The Morgan fingerprint density at radius 1 is 1.30 bits per heavy atom. The molecule has 1 aliphatic carbocycles. The van der Waals surface area contributed by atoms with Crippen molar-refractivity contribution in [3.63, 3.8) is 0 Å². The molecule has 5 heteroatoms. The maximum atomic E-state index is 12.9. The lowest BCUT2D eigenvalue weighted by Crippen LogP contribution is -2.62. The number of hydrogen-bond acceptors (Lipinski definition) is 4. The van der Waals surface area contributed by atoms with E-state index < -0.39 is 21.9 Å². The molecule has 2 heterocycles. The molecule has 4 nitrogen and oxygen atoms in total. The van der Waals surface area contributed by atoms with Gasteiger partial charge in [0.2, 0.25) is 0 Å². The molecule has 1 unspecified atom stereocenters. The van der Waals surface area contributed by atoms with Crippen LogP contribution in [0, 0.1) is 11.3 Å². The molecule has 0 aromatic heterocycles. The zero-order chi connectivity index (χ0) is 16.2. The number of halogens is 1. The number of fused-ring (bicyclic) bond motifs is 1. The summed E-state index contributed by atoms with van der Waals surface area (Å²) in [4.78, 5) is 25.0. The average molecular weight is 379 g/mol. The van der Waals surface area contributed by atoms with Crippen LogP contribution in [0.1, 0.15) is 31.7 Å². The van der Waals surface area contributed by atoms with Crippen molar-refractivity contribution in [1.29, 1.82) is 0 Å². The summed E-state index contributed by atoms with van der Waals surface area (Å²) in [6.07, 6.45) is 1.69. The van der Waals surface area contributed by atoms with E-state index in [1.54, 1.807) is 0 Å².